The number of anilines is 1. The van der Waals surface area contributed by atoms with Crippen molar-refractivity contribution in [3.8, 4) is 23.6 Å². The molecule has 0 spiro atoms. The Morgan fingerprint density at radius 2 is 1.11 bits per heavy atom. The largest absolute Gasteiger partial charge is 0.494 e. The molecule has 0 aliphatic carbocycles. The van der Waals surface area contributed by atoms with Crippen LogP contribution in [0.15, 0.2) is 100 Å². The van der Waals surface area contributed by atoms with Gasteiger partial charge in [0.25, 0.3) is 5.97 Å². The van der Waals surface area contributed by atoms with E-state index in [1.165, 1.54) is 38.5 Å². The molecular weight excluding hydrogens is 668 g/mol. The zero-order chi connectivity index (χ0) is 39.3. The molecule has 0 saturated carbocycles. The Labute approximate surface area is 314 Å². The maximum absolute atomic E-state index is 10.1. The summed E-state index contributed by atoms with van der Waals surface area (Å²) < 4.78 is 11.3. The molecule has 4 rings (SSSR count). The standard InChI is InChI=1S/C20H23N3O.C12H19NO.C8H6N2O.C2H4O2/c1-3-4-5-6-13-24-19-10-8-18(9-11-19)22-23-20-12-7-17(15-21)14-16(20)2;1-2-3-4-5-10-14-12-8-6-11(13)7-9-12;1-6-4-7(5-9)2-3-8(6)10-11;1-2(3)4/h7-12,14H,3-6,13H2,1-2H3;6-9H,2-5,10,13H2,1H3;2-4H,1H3;1H3,(H,3,4). The molecule has 0 heterocycles. The number of benzene rings is 4. The number of nitrogens with two attached hydrogens (primary N) is 1. The van der Waals surface area contributed by atoms with Crippen LogP contribution in [0.1, 0.15) is 94.4 Å². The molecule has 0 aliphatic rings. The van der Waals surface area contributed by atoms with E-state index in [2.05, 4.69) is 35.3 Å². The lowest BCUT2D eigenvalue weighted by Crippen LogP contribution is -1.97. The van der Waals surface area contributed by atoms with Gasteiger partial charge >= 0.3 is 0 Å². The van der Waals surface area contributed by atoms with Crippen LogP contribution in [0.25, 0.3) is 0 Å². The Balaban J connectivity index is 0.000000409. The van der Waals surface area contributed by atoms with Crippen LogP contribution in [0.2, 0.25) is 0 Å². The van der Waals surface area contributed by atoms with Gasteiger partial charge in [-0.3, -0.25) is 4.79 Å². The van der Waals surface area contributed by atoms with Crippen LogP contribution in [0.3, 0.4) is 0 Å². The number of aryl methyl sites for hydroxylation is 2. The fraction of sp³-hybridized carbons (Fsp3) is 0.357. The molecule has 0 bridgehead atoms. The van der Waals surface area contributed by atoms with E-state index in [-0.39, 0.29) is 0 Å². The van der Waals surface area contributed by atoms with Gasteiger partial charge in [-0.15, -0.1) is 4.91 Å². The summed E-state index contributed by atoms with van der Waals surface area (Å²) in [6, 6.07) is 29.4. The van der Waals surface area contributed by atoms with E-state index in [9.17, 15) is 4.91 Å². The van der Waals surface area contributed by atoms with E-state index in [1.807, 2.05) is 73.7 Å². The second kappa shape index (κ2) is 27.6. The first-order chi connectivity index (χ1) is 25.6. The van der Waals surface area contributed by atoms with Crippen LogP contribution in [0.5, 0.6) is 11.5 Å². The van der Waals surface area contributed by atoms with Crippen molar-refractivity contribution in [3.05, 3.63) is 112 Å². The van der Waals surface area contributed by atoms with Gasteiger partial charge in [-0.05, 0) is 128 Å². The predicted molar refractivity (Wildman–Crippen MR) is 211 cm³/mol. The van der Waals surface area contributed by atoms with Crippen molar-refractivity contribution in [1.29, 1.82) is 10.5 Å². The number of nitroso groups, excluding NO2 is 1. The maximum Gasteiger partial charge on any atom is 0.300 e. The lowest BCUT2D eigenvalue weighted by molar-refractivity contribution is -0.134. The van der Waals surface area contributed by atoms with E-state index < -0.39 is 5.97 Å². The third-order valence-corrected chi connectivity index (χ3v) is 7.27. The summed E-state index contributed by atoms with van der Waals surface area (Å²) in [6.07, 6.45) is 9.76. The maximum atomic E-state index is 10.1. The van der Waals surface area contributed by atoms with Gasteiger partial charge in [-0.1, -0.05) is 52.4 Å². The number of nitriles is 2. The number of nitrogen functional groups attached to an aromatic ring is 1. The van der Waals surface area contributed by atoms with Gasteiger partial charge in [0, 0.05) is 12.6 Å². The molecule has 11 nitrogen and oxygen atoms in total. The van der Waals surface area contributed by atoms with Crippen LogP contribution in [0, 0.1) is 41.4 Å². The van der Waals surface area contributed by atoms with Crippen LogP contribution in [0.4, 0.5) is 22.7 Å². The third-order valence-electron chi connectivity index (χ3n) is 7.27. The van der Waals surface area contributed by atoms with Crippen molar-refractivity contribution in [2.24, 2.45) is 15.4 Å². The van der Waals surface area contributed by atoms with Crippen LogP contribution >= 0.6 is 0 Å². The minimum atomic E-state index is -0.833. The van der Waals surface area contributed by atoms with Crippen LogP contribution < -0.4 is 15.2 Å². The number of carbonyl (C=O) groups is 1. The molecule has 3 N–H and O–H groups in total. The molecule has 280 valence electrons. The number of aliphatic carboxylic acids is 1. The van der Waals surface area contributed by atoms with Gasteiger partial charge in [0.1, 0.15) is 17.2 Å². The molecule has 11 heteroatoms. The van der Waals surface area contributed by atoms with Gasteiger partial charge in [0.05, 0.1) is 47.9 Å². The second-order valence-corrected chi connectivity index (χ2v) is 11.9. The second-order valence-electron chi connectivity index (χ2n) is 11.9. The van der Waals surface area contributed by atoms with Gasteiger partial charge in [0.15, 0.2) is 0 Å². The van der Waals surface area contributed by atoms with Gasteiger partial charge < -0.3 is 20.3 Å². The van der Waals surface area contributed by atoms with Crippen LogP contribution in [-0.4, -0.2) is 24.3 Å². The molecule has 0 aromatic heterocycles. The highest BCUT2D eigenvalue weighted by Crippen LogP contribution is 2.24. The molecular formula is C42H52N6O5. The minimum Gasteiger partial charge on any atom is -0.494 e. The number of ether oxygens (including phenoxy) is 2. The van der Waals surface area contributed by atoms with Crippen LogP contribution in [-0.2, 0) is 4.79 Å². The van der Waals surface area contributed by atoms with Crippen molar-refractivity contribution in [3.63, 3.8) is 0 Å². The SMILES string of the molecule is CC(=O)O.CCCCCCOc1ccc(N)cc1.CCCCCCOc1ccc(N=Nc2ccc(C#N)cc2C)cc1.Cc1cc(C#N)ccc1N=O. The molecule has 53 heavy (non-hydrogen) atoms. The molecule has 4 aromatic carbocycles. The number of hydrogen-bond acceptors (Lipinski definition) is 10. The van der Waals surface area contributed by atoms with E-state index >= 15 is 0 Å². The molecule has 0 fully saturated rings. The number of rotatable bonds is 15. The van der Waals surface area contributed by atoms with Crippen molar-refractivity contribution in [2.75, 3.05) is 18.9 Å². The highest BCUT2D eigenvalue weighted by atomic mass is 16.5. The number of carboxylic acids is 1. The Kier molecular flexibility index (Phi) is 23.4. The average molecular weight is 721 g/mol. The number of unbranched alkanes of at least 4 members (excludes halogenated alkanes) is 6. The van der Waals surface area contributed by atoms with Crippen molar-refractivity contribution in [2.45, 2.75) is 86.0 Å². The molecule has 0 radical (unpaired) electrons. The zero-order valence-corrected chi connectivity index (χ0v) is 31.5. The minimum absolute atomic E-state index is 0.393. The first-order valence-corrected chi connectivity index (χ1v) is 17.7. The summed E-state index contributed by atoms with van der Waals surface area (Å²) in [4.78, 5) is 19.1. The van der Waals surface area contributed by atoms with Crippen molar-refractivity contribution in [1.82, 2.24) is 0 Å². The quantitative estimate of drug-likeness (QED) is 0.0525. The first-order valence-electron chi connectivity index (χ1n) is 17.7. The molecule has 0 unspecified atom stereocenters. The fourth-order valence-electron chi connectivity index (χ4n) is 4.39. The fourth-order valence-corrected chi connectivity index (χ4v) is 4.39. The van der Waals surface area contributed by atoms with E-state index in [4.69, 9.17) is 35.6 Å². The van der Waals surface area contributed by atoms with Gasteiger partial charge in [-0.25, -0.2) is 0 Å². The summed E-state index contributed by atoms with van der Waals surface area (Å²) in [5.41, 5.74) is 11.1. The normalized spacial score (nSPS) is 9.79. The smallest absolute Gasteiger partial charge is 0.300 e. The van der Waals surface area contributed by atoms with E-state index in [0.29, 0.717) is 16.8 Å². The monoisotopic (exact) mass is 720 g/mol. The summed E-state index contributed by atoms with van der Waals surface area (Å²) in [6.45, 7) is 10.7. The number of carboxylic acid groups (broad SMARTS) is 1. The Morgan fingerprint density at radius 3 is 1.51 bits per heavy atom. The van der Waals surface area contributed by atoms with E-state index in [1.54, 1.807) is 31.2 Å². The summed E-state index contributed by atoms with van der Waals surface area (Å²) >= 11 is 0. The van der Waals surface area contributed by atoms with E-state index in [0.717, 1.165) is 72.7 Å². The highest BCUT2D eigenvalue weighted by Gasteiger charge is 2.00. The highest BCUT2D eigenvalue weighted by molar-refractivity contribution is 5.63. The first kappa shape index (κ1) is 45.0. The average Bonchev–Trinajstić information content (AvgIpc) is 3.15. The number of nitrogens with zero attached hydrogens (tertiary/aromatic N) is 5. The Hall–Kier alpha value is -6.07. The van der Waals surface area contributed by atoms with Crippen molar-refractivity contribution >= 4 is 28.7 Å². The molecule has 4 aromatic rings. The molecule has 0 atom stereocenters. The molecule has 0 amide bonds. The number of hydrogen-bond donors (Lipinski definition) is 2. The predicted octanol–water partition coefficient (Wildman–Crippen LogP) is 11.8. The van der Waals surface area contributed by atoms with Gasteiger partial charge in [0.2, 0.25) is 0 Å². The topological polar surface area (TPSA) is 184 Å². The summed E-state index contributed by atoms with van der Waals surface area (Å²) in [5, 5.41) is 36.0. The Morgan fingerprint density at radius 1 is 0.679 bits per heavy atom. The molecule has 0 aliphatic heterocycles. The number of azo groups is 1. The van der Waals surface area contributed by atoms with Gasteiger partial charge in [-0.2, -0.15) is 20.8 Å². The molecule has 0 saturated heterocycles. The summed E-state index contributed by atoms with van der Waals surface area (Å²) in [5.74, 6) is 0.940. The summed E-state index contributed by atoms with van der Waals surface area (Å²) in [7, 11) is 0. The Bertz CT molecular complexity index is 1760. The lowest BCUT2D eigenvalue weighted by atomic mass is 10.1. The van der Waals surface area contributed by atoms with Crippen molar-refractivity contribution < 1.29 is 19.4 Å². The third kappa shape index (κ3) is 21.0. The lowest BCUT2D eigenvalue weighted by Gasteiger charge is -2.05. The zero-order valence-electron chi connectivity index (χ0n) is 31.5.